The Kier molecular flexibility index (Phi) is 7.00. The standard InChI is InChI=1S/C27H25ClN4O3S/c28-24-15-21(16-29-17-24)18-31-11-13-32(14-12-31)27(33)23-8-6-20(7-9-23)19-36(34,35)25-5-1-3-22-4-2-10-30-26(22)25/h1-10,15-17H,11-14,18-19H2. The molecule has 1 amide bonds. The predicted octanol–water partition coefficient (Wildman–Crippen LogP) is 4.22. The van der Waals surface area contributed by atoms with Crippen molar-refractivity contribution in [3.05, 3.63) is 101 Å². The number of para-hydroxylation sites is 1. The zero-order valence-electron chi connectivity index (χ0n) is 19.5. The van der Waals surface area contributed by atoms with E-state index in [0.717, 1.165) is 30.6 Å². The minimum absolute atomic E-state index is 0.0493. The Hall–Kier alpha value is -3.33. The van der Waals surface area contributed by atoms with E-state index in [9.17, 15) is 13.2 Å². The Morgan fingerprint density at radius 2 is 1.67 bits per heavy atom. The maximum absolute atomic E-state index is 13.1. The number of aromatic nitrogens is 2. The van der Waals surface area contributed by atoms with Gasteiger partial charge in [0.2, 0.25) is 0 Å². The Bertz CT molecular complexity index is 1500. The number of sulfone groups is 1. The van der Waals surface area contributed by atoms with E-state index in [0.29, 0.717) is 34.8 Å². The molecule has 5 rings (SSSR count). The van der Waals surface area contributed by atoms with Crippen LogP contribution in [0.1, 0.15) is 21.5 Å². The summed E-state index contributed by atoms with van der Waals surface area (Å²) in [5.41, 5.74) is 2.69. The van der Waals surface area contributed by atoms with Gasteiger partial charge in [0.1, 0.15) is 0 Å². The molecule has 0 aliphatic carbocycles. The maximum Gasteiger partial charge on any atom is 0.253 e. The molecular formula is C27H25ClN4O3S. The van der Waals surface area contributed by atoms with E-state index >= 15 is 0 Å². The molecular weight excluding hydrogens is 496 g/mol. The topological polar surface area (TPSA) is 83.5 Å². The summed E-state index contributed by atoms with van der Waals surface area (Å²) in [5, 5.41) is 1.40. The van der Waals surface area contributed by atoms with Crippen LogP contribution >= 0.6 is 11.6 Å². The van der Waals surface area contributed by atoms with Gasteiger partial charge in [-0.3, -0.25) is 19.7 Å². The summed E-state index contributed by atoms with van der Waals surface area (Å²) in [6, 6.07) is 17.5. The van der Waals surface area contributed by atoms with Crippen LogP contribution in [0.5, 0.6) is 0 Å². The van der Waals surface area contributed by atoms with Crippen molar-refractivity contribution >= 4 is 38.2 Å². The molecule has 0 N–H and O–H groups in total. The summed E-state index contributed by atoms with van der Waals surface area (Å²) in [4.78, 5) is 25.7. The summed E-state index contributed by atoms with van der Waals surface area (Å²) in [6.45, 7) is 3.50. The molecule has 1 saturated heterocycles. The van der Waals surface area contributed by atoms with E-state index in [1.165, 1.54) is 0 Å². The van der Waals surface area contributed by atoms with Gasteiger partial charge in [0.25, 0.3) is 5.91 Å². The van der Waals surface area contributed by atoms with Crippen LogP contribution in [0.25, 0.3) is 10.9 Å². The summed E-state index contributed by atoms with van der Waals surface area (Å²) in [6.07, 6.45) is 5.02. The molecule has 7 nitrogen and oxygen atoms in total. The average molecular weight is 521 g/mol. The number of carbonyl (C=O) groups excluding carboxylic acids is 1. The van der Waals surface area contributed by atoms with E-state index < -0.39 is 9.84 Å². The third-order valence-electron chi connectivity index (χ3n) is 6.32. The molecule has 2 aromatic heterocycles. The number of amides is 1. The lowest BCUT2D eigenvalue weighted by Crippen LogP contribution is -2.48. The van der Waals surface area contributed by atoms with Gasteiger partial charge in [-0.1, -0.05) is 41.9 Å². The van der Waals surface area contributed by atoms with Gasteiger partial charge in [0.15, 0.2) is 9.84 Å². The quantitative estimate of drug-likeness (QED) is 0.378. The van der Waals surface area contributed by atoms with Gasteiger partial charge in [0, 0.05) is 62.3 Å². The lowest BCUT2D eigenvalue weighted by molar-refractivity contribution is 0.0628. The van der Waals surface area contributed by atoms with Gasteiger partial charge in [-0.2, -0.15) is 0 Å². The van der Waals surface area contributed by atoms with Crippen molar-refractivity contribution in [3.8, 4) is 0 Å². The van der Waals surface area contributed by atoms with Crippen LogP contribution in [0.2, 0.25) is 5.02 Å². The van der Waals surface area contributed by atoms with Gasteiger partial charge >= 0.3 is 0 Å². The number of nitrogens with zero attached hydrogens (tertiary/aromatic N) is 4. The second kappa shape index (κ2) is 10.3. The lowest BCUT2D eigenvalue weighted by atomic mass is 10.1. The fourth-order valence-electron chi connectivity index (χ4n) is 4.46. The highest BCUT2D eigenvalue weighted by Gasteiger charge is 2.23. The van der Waals surface area contributed by atoms with Crippen LogP contribution in [0, 0.1) is 0 Å². The highest BCUT2D eigenvalue weighted by Crippen LogP contribution is 2.24. The molecule has 0 radical (unpaired) electrons. The first-order valence-electron chi connectivity index (χ1n) is 11.7. The number of piperazine rings is 1. The Labute approximate surface area is 215 Å². The number of pyridine rings is 2. The number of benzene rings is 2. The molecule has 1 fully saturated rings. The number of halogens is 1. The summed E-state index contributed by atoms with van der Waals surface area (Å²) in [7, 11) is -3.60. The molecule has 0 spiro atoms. The number of hydrogen-bond donors (Lipinski definition) is 0. The van der Waals surface area contributed by atoms with Crippen molar-refractivity contribution in [2.45, 2.75) is 17.2 Å². The molecule has 0 unspecified atom stereocenters. The summed E-state index contributed by atoms with van der Waals surface area (Å²) in [5.74, 6) is -0.208. The van der Waals surface area contributed by atoms with Crippen LogP contribution in [0.4, 0.5) is 0 Å². The molecule has 0 saturated carbocycles. The molecule has 3 heterocycles. The van der Waals surface area contributed by atoms with Crippen molar-refractivity contribution in [3.63, 3.8) is 0 Å². The normalized spacial score (nSPS) is 14.8. The lowest BCUT2D eigenvalue weighted by Gasteiger charge is -2.34. The third kappa shape index (κ3) is 5.41. The zero-order chi connectivity index (χ0) is 25.1. The Morgan fingerprint density at radius 3 is 2.42 bits per heavy atom. The van der Waals surface area contributed by atoms with Crippen LogP contribution in [-0.4, -0.2) is 60.3 Å². The number of hydrogen-bond acceptors (Lipinski definition) is 6. The van der Waals surface area contributed by atoms with Crippen molar-refractivity contribution in [2.24, 2.45) is 0 Å². The van der Waals surface area contributed by atoms with Crippen molar-refractivity contribution in [2.75, 3.05) is 26.2 Å². The monoisotopic (exact) mass is 520 g/mol. The smallest absolute Gasteiger partial charge is 0.253 e. The Morgan fingerprint density at radius 1 is 0.917 bits per heavy atom. The molecule has 2 aromatic carbocycles. The molecule has 9 heteroatoms. The second-order valence-corrected chi connectivity index (χ2v) is 11.3. The van der Waals surface area contributed by atoms with Crippen LogP contribution < -0.4 is 0 Å². The molecule has 0 atom stereocenters. The van der Waals surface area contributed by atoms with Crippen LogP contribution in [-0.2, 0) is 22.1 Å². The van der Waals surface area contributed by atoms with Crippen molar-refractivity contribution in [1.82, 2.24) is 19.8 Å². The van der Waals surface area contributed by atoms with E-state index in [2.05, 4.69) is 14.9 Å². The first-order chi connectivity index (χ1) is 17.4. The van der Waals surface area contributed by atoms with Gasteiger partial charge in [-0.15, -0.1) is 0 Å². The van der Waals surface area contributed by atoms with Gasteiger partial charge in [-0.05, 0) is 41.5 Å². The van der Waals surface area contributed by atoms with E-state index in [1.54, 1.807) is 54.9 Å². The van der Waals surface area contributed by atoms with Gasteiger partial charge < -0.3 is 4.90 Å². The number of fused-ring (bicyclic) bond motifs is 1. The SMILES string of the molecule is O=C(c1ccc(CS(=O)(=O)c2cccc3cccnc23)cc1)N1CCN(Cc2cncc(Cl)c2)CC1. The van der Waals surface area contributed by atoms with E-state index in [4.69, 9.17) is 11.6 Å². The zero-order valence-corrected chi connectivity index (χ0v) is 21.1. The van der Waals surface area contributed by atoms with Crippen molar-refractivity contribution < 1.29 is 13.2 Å². The Balaban J connectivity index is 1.21. The fraction of sp³-hybridized carbons (Fsp3) is 0.222. The summed E-state index contributed by atoms with van der Waals surface area (Å²) >= 11 is 6.03. The third-order valence-corrected chi connectivity index (χ3v) is 8.24. The van der Waals surface area contributed by atoms with Crippen LogP contribution in [0.3, 0.4) is 0 Å². The van der Waals surface area contributed by atoms with Gasteiger partial charge in [-0.25, -0.2) is 8.42 Å². The largest absolute Gasteiger partial charge is 0.336 e. The molecule has 36 heavy (non-hydrogen) atoms. The average Bonchev–Trinajstić information content (AvgIpc) is 2.89. The summed E-state index contributed by atoms with van der Waals surface area (Å²) < 4.78 is 26.3. The maximum atomic E-state index is 13.1. The molecule has 1 aliphatic heterocycles. The fourth-order valence-corrected chi connectivity index (χ4v) is 6.19. The first kappa shape index (κ1) is 24.4. The molecule has 184 valence electrons. The molecule has 0 bridgehead atoms. The van der Waals surface area contributed by atoms with Crippen molar-refractivity contribution in [1.29, 1.82) is 0 Å². The van der Waals surface area contributed by atoms with Crippen LogP contribution in [0.15, 0.2) is 84.1 Å². The minimum atomic E-state index is -3.60. The minimum Gasteiger partial charge on any atom is -0.336 e. The predicted molar refractivity (Wildman–Crippen MR) is 140 cm³/mol. The first-order valence-corrected chi connectivity index (χ1v) is 13.7. The van der Waals surface area contributed by atoms with Gasteiger partial charge in [0.05, 0.1) is 21.2 Å². The van der Waals surface area contributed by atoms with E-state index in [1.807, 2.05) is 29.3 Å². The number of rotatable bonds is 6. The van der Waals surface area contributed by atoms with E-state index in [-0.39, 0.29) is 16.6 Å². The molecule has 4 aromatic rings. The second-order valence-electron chi connectivity index (χ2n) is 8.87. The highest BCUT2D eigenvalue weighted by molar-refractivity contribution is 7.90. The molecule has 1 aliphatic rings. The number of carbonyl (C=O) groups is 1. The highest BCUT2D eigenvalue weighted by atomic mass is 35.5.